The van der Waals surface area contributed by atoms with Gasteiger partial charge in [0.15, 0.2) is 0 Å². The highest BCUT2D eigenvalue weighted by atomic mass is 32.2. The summed E-state index contributed by atoms with van der Waals surface area (Å²) in [5, 5.41) is 21.7. The van der Waals surface area contributed by atoms with Crippen LogP contribution in [0, 0.1) is 13.8 Å². The van der Waals surface area contributed by atoms with Crippen molar-refractivity contribution >= 4 is 23.5 Å². The lowest BCUT2D eigenvalue weighted by Gasteiger charge is -2.12. The Hall–Kier alpha value is -1.30. The molecule has 0 aliphatic rings. The molecule has 0 heterocycles. The van der Waals surface area contributed by atoms with Gasteiger partial charge in [-0.05, 0) is 50.7 Å². The smallest absolute Gasteiger partial charge is 0.122 e. The number of hydrogen-bond donors (Lipinski definition) is 2. The first kappa shape index (κ1) is 37.9. The Balaban J connectivity index is 1.60. The lowest BCUT2D eigenvalue weighted by atomic mass is 10.00. The van der Waals surface area contributed by atoms with E-state index < -0.39 is 0 Å². The van der Waals surface area contributed by atoms with Crippen molar-refractivity contribution in [1.29, 1.82) is 0 Å². The predicted molar refractivity (Wildman–Crippen MR) is 192 cm³/mol. The number of ether oxygens (including phenoxy) is 1. The molecule has 0 amide bonds. The molecule has 0 aliphatic heterocycles. The molecule has 0 aromatic heterocycles. The fraction of sp³-hybridized carbons (Fsp3) is 0.684. The van der Waals surface area contributed by atoms with Gasteiger partial charge in [0.05, 0.1) is 13.2 Å². The van der Waals surface area contributed by atoms with E-state index in [-0.39, 0.29) is 0 Å². The molecule has 3 nitrogen and oxygen atoms in total. The van der Waals surface area contributed by atoms with Crippen molar-refractivity contribution in [1.82, 2.24) is 0 Å². The fourth-order valence-electron chi connectivity index (χ4n) is 5.72. The van der Waals surface area contributed by atoms with Gasteiger partial charge < -0.3 is 14.9 Å². The van der Waals surface area contributed by atoms with E-state index in [0.29, 0.717) is 11.5 Å². The highest BCUT2D eigenvalue weighted by Crippen LogP contribution is 2.31. The summed E-state index contributed by atoms with van der Waals surface area (Å²) in [5.41, 5.74) is 6.82. The zero-order valence-electron chi connectivity index (χ0n) is 28.0. The van der Waals surface area contributed by atoms with Crippen molar-refractivity contribution in [2.75, 3.05) is 24.7 Å². The van der Waals surface area contributed by atoms with Crippen LogP contribution in [0.1, 0.15) is 137 Å². The molecule has 2 rings (SSSR count). The Morgan fingerprint density at radius 2 is 0.860 bits per heavy atom. The second-order valence-corrected chi connectivity index (χ2v) is 14.5. The molecular weight excluding hydrogens is 569 g/mol. The number of rotatable bonds is 26. The highest BCUT2D eigenvalue weighted by molar-refractivity contribution is 7.98. The van der Waals surface area contributed by atoms with Gasteiger partial charge in [-0.15, -0.1) is 0 Å². The molecule has 0 bridgehead atoms. The molecule has 43 heavy (non-hydrogen) atoms. The largest absolute Gasteiger partial charge is 0.507 e. The van der Waals surface area contributed by atoms with E-state index in [4.69, 9.17) is 4.74 Å². The maximum absolute atomic E-state index is 10.9. The van der Waals surface area contributed by atoms with Gasteiger partial charge in [-0.2, -0.15) is 23.5 Å². The van der Waals surface area contributed by atoms with Crippen LogP contribution in [0.5, 0.6) is 11.5 Å². The molecule has 2 N–H and O–H groups in total. The van der Waals surface area contributed by atoms with Gasteiger partial charge in [-0.25, -0.2) is 0 Å². The molecule has 0 saturated carbocycles. The molecule has 0 fully saturated rings. The van der Waals surface area contributed by atoms with Crippen LogP contribution < -0.4 is 0 Å². The van der Waals surface area contributed by atoms with Crippen molar-refractivity contribution in [2.24, 2.45) is 0 Å². The molecule has 0 radical (unpaired) electrons. The number of thioether (sulfide) groups is 2. The molecule has 0 spiro atoms. The van der Waals surface area contributed by atoms with Gasteiger partial charge >= 0.3 is 0 Å². The molecule has 0 unspecified atom stereocenters. The topological polar surface area (TPSA) is 49.7 Å². The van der Waals surface area contributed by atoms with Crippen LogP contribution >= 0.6 is 23.5 Å². The van der Waals surface area contributed by atoms with Crippen LogP contribution in [0.4, 0.5) is 0 Å². The van der Waals surface area contributed by atoms with Crippen LogP contribution in [-0.2, 0) is 29.1 Å². The number of aromatic hydroxyl groups is 2. The van der Waals surface area contributed by atoms with Crippen molar-refractivity contribution < 1.29 is 14.9 Å². The van der Waals surface area contributed by atoms with Gasteiger partial charge in [0.1, 0.15) is 11.5 Å². The standard InChI is InChI=1S/C38H62O3S2/c1-5-7-9-11-13-15-17-19-33-25-31(3)27-35(37(33)39)29-42-23-21-41-22-24-43-30-36-28-32(4)26-34(38(36)40)20-18-16-14-12-10-8-6-2/h25-28,39-40H,5-24,29-30H2,1-4H3. The number of phenolic OH excluding ortho intramolecular Hbond substituents is 2. The molecule has 0 aliphatic carbocycles. The summed E-state index contributed by atoms with van der Waals surface area (Å²) in [5.74, 6) is 4.50. The number of benzene rings is 2. The molecule has 2 aromatic rings. The maximum atomic E-state index is 10.9. The van der Waals surface area contributed by atoms with E-state index in [1.807, 2.05) is 23.5 Å². The number of unbranched alkanes of at least 4 members (excludes halogenated alkanes) is 12. The van der Waals surface area contributed by atoms with Crippen LogP contribution in [0.3, 0.4) is 0 Å². The van der Waals surface area contributed by atoms with Crippen LogP contribution in [0.25, 0.3) is 0 Å². The first-order valence-corrected chi connectivity index (χ1v) is 19.6. The maximum Gasteiger partial charge on any atom is 0.122 e. The second kappa shape index (κ2) is 24.0. The lowest BCUT2D eigenvalue weighted by molar-refractivity contribution is 0.167. The highest BCUT2D eigenvalue weighted by Gasteiger charge is 2.11. The number of phenols is 2. The summed E-state index contributed by atoms with van der Waals surface area (Å²) in [6, 6.07) is 8.59. The predicted octanol–water partition coefficient (Wildman–Crippen LogP) is 11.5. The van der Waals surface area contributed by atoms with Crippen molar-refractivity contribution in [3.63, 3.8) is 0 Å². The average Bonchev–Trinajstić information content (AvgIpc) is 2.99. The van der Waals surface area contributed by atoms with Gasteiger partial charge in [-0.1, -0.05) is 126 Å². The van der Waals surface area contributed by atoms with Crippen LogP contribution in [-0.4, -0.2) is 34.9 Å². The average molecular weight is 631 g/mol. The molecular formula is C38H62O3S2. The van der Waals surface area contributed by atoms with Gasteiger partial charge in [0.2, 0.25) is 0 Å². The normalized spacial score (nSPS) is 11.4. The minimum absolute atomic E-state index is 0.506. The number of aryl methyl sites for hydroxylation is 4. The first-order chi connectivity index (χ1) is 21.0. The molecule has 0 atom stereocenters. The first-order valence-electron chi connectivity index (χ1n) is 17.3. The van der Waals surface area contributed by atoms with E-state index in [2.05, 4.69) is 52.0 Å². The van der Waals surface area contributed by atoms with Crippen molar-refractivity contribution in [2.45, 2.75) is 142 Å². The Labute approximate surface area is 273 Å². The summed E-state index contributed by atoms with van der Waals surface area (Å²) in [4.78, 5) is 0. The summed E-state index contributed by atoms with van der Waals surface area (Å²) < 4.78 is 5.90. The summed E-state index contributed by atoms with van der Waals surface area (Å²) in [7, 11) is 0. The van der Waals surface area contributed by atoms with Crippen molar-refractivity contribution in [3.05, 3.63) is 57.6 Å². The third kappa shape index (κ3) is 16.5. The molecule has 244 valence electrons. The van der Waals surface area contributed by atoms with Crippen LogP contribution in [0.15, 0.2) is 24.3 Å². The van der Waals surface area contributed by atoms with E-state index >= 15 is 0 Å². The summed E-state index contributed by atoms with van der Waals surface area (Å²) >= 11 is 3.66. The third-order valence-corrected chi connectivity index (χ3v) is 10.1. The molecule has 0 saturated heterocycles. The Kier molecular flexibility index (Phi) is 21.1. The molecule has 2 aromatic carbocycles. The molecule has 5 heteroatoms. The third-order valence-electron chi connectivity index (χ3n) is 8.18. The Morgan fingerprint density at radius 1 is 0.512 bits per heavy atom. The fourth-order valence-corrected chi connectivity index (χ4v) is 7.36. The van der Waals surface area contributed by atoms with Gasteiger partial charge in [0.25, 0.3) is 0 Å². The van der Waals surface area contributed by atoms with Crippen molar-refractivity contribution in [3.8, 4) is 11.5 Å². The van der Waals surface area contributed by atoms with E-state index in [9.17, 15) is 10.2 Å². The summed E-state index contributed by atoms with van der Waals surface area (Å²) in [6.07, 6.45) is 20.1. The minimum Gasteiger partial charge on any atom is -0.507 e. The monoisotopic (exact) mass is 630 g/mol. The quantitative estimate of drug-likeness (QED) is 0.101. The minimum atomic E-state index is 0.506. The lowest BCUT2D eigenvalue weighted by Crippen LogP contribution is -2.02. The van der Waals surface area contributed by atoms with E-state index in [0.717, 1.165) is 84.2 Å². The zero-order valence-corrected chi connectivity index (χ0v) is 29.6. The van der Waals surface area contributed by atoms with Gasteiger partial charge in [0, 0.05) is 34.1 Å². The second-order valence-electron chi connectivity index (χ2n) is 12.3. The van der Waals surface area contributed by atoms with E-state index in [1.54, 1.807) is 0 Å². The van der Waals surface area contributed by atoms with Crippen LogP contribution in [0.2, 0.25) is 0 Å². The zero-order chi connectivity index (χ0) is 31.1. The summed E-state index contributed by atoms with van der Waals surface area (Å²) in [6.45, 7) is 10.2. The Morgan fingerprint density at radius 3 is 1.26 bits per heavy atom. The SMILES string of the molecule is CCCCCCCCCc1cc(C)cc(CSCCOCCSCc2cc(C)cc(CCCCCCCCC)c2O)c1O. The van der Waals surface area contributed by atoms with Gasteiger partial charge in [-0.3, -0.25) is 0 Å². The Bertz CT molecular complexity index is 928. The number of hydrogen-bond acceptors (Lipinski definition) is 5. The van der Waals surface area contributed by atoms with E-state index in [1.165, 1.54) is 88.2 Å².